The summed E-state index contributed by atoms with van der Waals surface area (Å²) in [5.74, 6) is -1.43. The molecule has 14 heteroatoms. The van der Waals surface area contributed by atoms with Gasteiger partial charge in [0.05, 0.1) is 28.1 Å². The number of sulfonamides is 1. The number of rotatable bonds is 9. The number of fused-ring (bicyclic) bond motifs is 1. The molecule has 2 aromatic heterocycles. The Morgan fingerprint density at radius 2 is 1.86 bits per heavy atom. The predicted molar refractivity (Wildman–Crippen MR) is 134 cm³/mol. The summed E-state index contributed by atoms with van der Waals surface area (Å²) >= 11 is 1.02. The van der Waals surface area contributed by atoms with Crippen LogP contribution in [0.25, 0.3) is 21.3 Å². The lowest BCUT2D eigenvalue weighted by molar-refractivity contribution is -0.120. The highest BCUT2D eigenvalue weighted by molar-refractivity contribution is 7.91. The van der Waals surface area contributed by atoms with Crippen molar-refractivity contribution in [1.82, 2.24) is 14.9 Å². The number of sulfone groups is 1. The van der Waals surface area contributed by atoms with Crippen molar-refractivity contribution in [1.29, 1.82) is 0 Å². The van der Waals surface area contributed by atoms with Crippen LogP contribution < -0.4 is 16.0 Å². The number of hydrogen-bond acceptors (Lipinski definition) is 9. The van der Waals surface area contributed by atoms with E-state index in [2.05, 4.69) is 10.3 Å². The van der Waals surface area contributed by atoms with Crippen molar-refractivity contribution in [3.05, 3.63) is 51.9 Å². The Hall–Kier alpha value is -2.65. The molecule has 0 saturated heterocycles. The van der Waals surface area contributed by atoms with Gasteiger partial charge in [-0.05, 0) is 43.2 Å². The van der Waals surface area contributed by atoms with E-state index in [0.29, 0.717) is 15.8 Å². The molecule has 1 aromatic carbocycles. The minimum absolute atomic E-state index is 0.0414. The molecule has 190 valence electrons. The SMILES string of the molecule is CC(C)(O)Cn1cc(-c2ccc3nc(C(C(=O)NCCS(N)(=O)=O)S(C)(=O)=O)sc3c2)ccc1=O. The molecule has 1 atom stereocenters. The first-order valence-corrected chi connectivity index (χ1v) is 14.8. The highest BCUT2D eigenvalue weighted by Gasteiger charge is 2.34. The fourth-order valence-corrected chi connectivity index (χ4v) is 6.31. The van der Waals surface area contributed by atoms with E-state index in [-0.39, 0.29) is 23.7 Å². The second kappa shape index (κ2) is 9.78. The summed E-state index contributed by atoms with van der Waals surface area (Å²) in [5, 5.41) is 15.7. The normalized spacial score (nSPS) is 13.6. The van der Waals surface area contributed by atoms with E-state index >= 15 is 0 Å². The van der Waals surface area contributed by atoms with Gasteiger partial charge >= 0.3 is 0 Å². The Labute approximate surface area is 206 Å². The molecule has 3 aromatic rings. The Bertz CT molecular complexity index is 1530. The number of hydrogen-bond donors (Lipinski definition) is 3. The number of amides is 1. The van der Waals surface area contributed by atoms with Crippen LogP contribution in [0, 0.1) is 0 Å². The first kappa shape index (κ1) is 26.9. The van der Waals surface area contributed by atoms with Gasteiger partial charge in [0.25, 0.3) is 5.56 Å². The monoisotopic (exact) mass is 542 g/mol. The summed E-state index contributed by atoms with van der Waals surface area (Å²) in [4.78, 5) is 29.1. The molecule has 0 spiro atoms. The van der Waals surface area contributed by atoms with Crippen molar-refractivity contribution in [2.45, 2.75) is 31.2 Å². The summed E-state index contributed by atoms with van der Waals surface area (Å²) in [5.41, 5.74) is 0.553. The van der Waals surface area contributed by atoms with Crippen LogP contribution in [0.2, 0.25) is 0 Å². The van der Waals surface area contributed by atoms with Gasteiger partial charge in [-0.25, -0.2) is 27.0 Å². The molecule has 0 saturated carbocycles. The number of nitrogens with two attached hydrogens (primary N) is 1. The molecule has 11 nitrogen and oxygen atoms in total. The average molecular weight is 543 g/mol. The van der Waals surface area contributed by atoms with E-state index < -0.39 is 42.4 Å². The number of nitrogens with zero attached hydrogens (tertiary/aromatic N) is 2. The van der Waals surface area contributed by atoms with Gasteiger partial charge < -0.3 is 15.0 Å². The first-order chi connectivity index (χ1) is 16.0. The number of thiazole rings is 1. The summed E-state index contributed by atoms with van der Waals surface area (Å²) in [6, 6.07) is 8.23. The van der Waals surface area contributed by atoms with E-state index in [9.17, 15) is 31.5 Å². The van der Waals surface area contributed by atoms with Crippen LogP contribution in [0.1, 0.15) is 24.1 Å². The number of benzene rings is 1. The minimum atomic E-state index is -3.93. The van der Waals surface area contributed by atoms with Crippen LogP contribution >= 0.6 is 11.3 Å². The van der Waals surface area contributed by atoms with Crippen molar-refractivity contribution in [3.63, 3.8) is 0 Å². The Morgan fingerprint density at radius 3 is 2.46 bits per heavy atom. The minimum Gasteiger partial charge on any atom is -0.389 e. The second-order valence-corrected chi connectivity index (χ2v) is 13.7. The van der Waals surface area contributed by atoms with Crippen LogP contribution in [0.4, 0.5) is 0 Å². The molecule has 4 N–H and O–H groups in total. The summed E-state index contributed by atoms with van der Waals surface area (Å²) in [6.07, 6.45) is 2.53. The molecule has 35 heavy (non-hydrogen) atoms. The predicted octanol–water partition coefficient (Wildman–Crippen LogP) is 0.386. The molecular formula is C21H26N4O7S3. The molecule has 0 aliphatic carbocycles. The smallest absolute Gasteiger partial charge is 0.250 e. The van der Waals surface area contributed by atoms with E-state index in [1.165, 1.54) is 10.6 Å². The van der Waals surface area contributed by atoms with Crippen molar-refractivity contribution in [3.8, 4) is 11.1 Å². The molecule has 0 bridgehead atoms. The van der Waals surface area contributed by atoms with Crippen LogP contribution in [-0.4, -0.2) is 61.6 Å². The van der Waals surface area contributed by atoms with Gasteiger partial charge in [0.15, 0.2) is 15.1 Å². The highest BCUT2D eigenvalue weighted by atomic mass is 32.2. The van der Waals surface area contributed by atoms with E-state index in [1.54, 1.807) is 44.3 Å². The van der Waals surface area contributed by atoms with E-state index in [0.717, 1.165) is 23.2 Å². The zero-order valence-electron chi connectivity index (χ0n) is 19.3. The van der Waals surface area contributed by atoms with Crippen molar-refractivity contribution in [2.24, 2.45) is 5.14 Å². The number of aromatic nitrogens is 2. The molecule has 0 aliphatic rings. The number of carbonyl (C=O) groups excluding carboxylic acids is 1. The fraction of sp³-hybridized carbons (Fsp3) is 0.381. The van der Waals surface area contributed by atoms with Crippen LogP contribution in [0.3, 0.4) is 0 Å². The largest absolute Gasteiger partial charge is 0.389 e. The Kier molecular flexibility index (Phi) is 7.53. The number of carbonyl (C=O) groups is 1. The van der Waals surface area contributed by atoms with Crippen molar-refractivity contribution >= 4 is 47.3 Å². The quantitative estimate of drug-likeness (QED) is 0.347. The maximum atomic E-state index is 12.6. The lowest BCUT2D eigenvalue weighted by atomic mass is 10.1. The van der Waals surface area contributed by atoms with Gasteiger partial charge in [0.2, 0.25) is 15.9 Å². The molecule has 1 amide bonds. The third kappa shape index (κ3) is 7.18. The zero-order chi connectivity index (χ0) is 26.2. The summed E-state index contributed by atoms with van der Waals surface area (Å²) in [7, 11) is -7.75. The molecule has 0 aliphatic heterocycles. The molecular weight excluding hydrogens is 516 g/mol. The molecule has 2 heterocycles. The fourth-order valence-electron chi connectivity index (χ4n) is 3.38. The topological polar surface area (TPSA) is 179 Å². The zero-order valence-corrected chi connectivity index (χ0v) is 21.7. The Balaban J connectivity index is 1.96. The van der Waals surface area contributed by atoms with Gasteiger partial charge in [0.1, 0.15) is 5.01 Å². The standard InChI is InChI=1S/C21H26N4O7S3/c1-21(2,28)12-25-11-14(5-7-17(25)26)13-4-6-15-16(10-13)33-20(24-15)18(34(3,29)30)19(27)23-8-9-35(22,31)32/h4-7,10-11,18,28H,8-9,12H2,1-3H3,(H,23,27)(H2,22,31,32). The highest BCUT2D eigenvalue weighted by Crippen LogP contribution is 2.33. The Morgan fingerprint density at radius 1 is 1.20 bits per heavy atom. The second-order valence-electron chi connectivity index (χ2n) is 8.80. The number of pyridine rings is 1. The van der Waals surface area contributed by atoms with Gasteiger partial charge in [0, 0.05) is 25.1 Å². The van der Waals surface area contributed by atoms with Gasteiger partial charge in [-0.3, -0.25) is 9.59 Å². The molecule has 1 unspecified atom stereocenters. The van der Waals surface area contributed by atoms with Gasteiger partial charge in [-0.1, -0.05) is 6.07 Å². The number of aliphatic hydroxyl groups is 1. The summed E-state index contributed by atoms with van der Waals surface area (Å²) in [6.45, 7) is 2.96. The lowest BCUT2D eigenvalue weighted by Crippen LogP contribution is -2.37. The maximum absolute atomic E-state index is 12.6. The molecule has 0 fully saturated rings. The van der Waals surface area contributed by atoms with Crippen LogP contribution in [-0.2, 0) is 31.2 Å². The average Bonchev–Trinajstić information content (AvgIpc) is 3.08. The molecule has 0 radical (unpaired) electrons. The molecule has 3 rings (SSSR count). The van der Waals surface area contributed by atoms with Crippen LogP contribution in [0.15, 0.2) is 41.3 Å². The van der Waals surface area contributed by atoms with Gasteiger partial charge in [-0.2, -0.15) is 0 Å². The number of nitrogens with one attached hydrogen (secondary N) is 1. The van der Waals surface area contributed by atoms with Crippen LogP contribution in [0.5, 0.6) is 0 Å². The third-order valence-corrected chi connectivity index (χ3v) is 8.15. The van der Waals surface area contributed by atoms with Gasteiger partial charge in [-0.15, -0.1) is 11.3 Å². The third-order valence-electron chi connectivity index (χ3n) is 4.86. The van der Waals surface area contributed by atoms with E-state index in [4.69, 9.17) is 5.14 Å². The lowest BCUT2D eigenvalue weighted by Gasteiger charge is -2.19. The van der Waals surface area contributed by atoms with E-state index in [1.807, 2.05) is 0 Å². The van der Waals surface area contributed by atoms with Crippen molar-refractivity contribution < 1.29 is 26.7 Å². The van der Waals surface area contributed by atoms with Crippen molar-refractivity contribution in [2.75, 3.05) is 18.6 Å². The maximum Gasteiger partial charge on any atom is 0.250 e. The summed E-state index contributed by atoms with van der Waals surface area (Å²) < 4.78 is 49.0. The number of primary sulfonamides is 1. The first-order valence-electron chi connectivity index (χ1n) is 10.3.